The van der Waals surface area contributed by atoms with E-state index < -0.39 is 5.97 Å². The first-order chi connectivity index (χ1) is 12.0. The van der Waals surface area contributed by atoms with Gasteiger partial charge in [0, 0.05) is 21.0 Å². The molecule has 6 heteroatoms. The number of aromatic carboxylic acids is 1. The number of aryl methyl sites for hydroxylation is 1. The van der Waals surface area contributed by atoms with Crippen molar-refractivity contribution in [2.75, 3.05) is 5.32 Å². The molecule has 0 unspecified atom stereocenters. The molecular formula is C20H18ClNO3S. The Balaban J connectivity index is 0.00000243. The molecule has 2 aromatic carbocycles. The van der Waals surface area contributed by atoms with Crippen molar-refractivity contribution in [3.8, 4) is 10.4 Å². The summed E-state index contributed by atoms with van der Waals surface area (Å²) in [6, 6.07) is 15.9. The second-order valence-electron chi connectivity index (χ2n) is 5.46. The van der Waals surface area contributed by atoms with E-state index in [9.17, 15) is 14.7 Å². The number of carboxylic acid groups (broad SMARTS) is 1. The van der Waals surface area contributed by atoms with Gasteiger partial charge in [-0.05, 0) is 31.2 Å². The third kappa shape index (κ3) is 4.12. The predicted molar refractivity (Wildman–Crippen MR) is 108 cm³/mol. The lowest BCUT2D eigenvalue weighted by molar-refractivity contribution is 0.0703. The van der Waals surface area contributed by atoms with Crippen molar-refractivity contribution in [1.82, 2.24) is 0 Å². The number of rotatable bonds is 4. The number of carbonyl (C=O) groups is 2. The number of anilines is 1. The molecular weight excluding hydrogens is 370 g/mol. The fourth-order valence-electron chi connectivity index (χ4n) is 2.34. The lowest BCUT2D eigenvalue weighted by atomic mass is 10.1. The fourth-order valence-corrected chi connectivity index (χ4v) is 3.62. The van der Waals surface area contributed by atoms with E-state index in [-0.39, 0.29) is 23.9 Å². The van der Waals surface area contributed by atoms with Crippen LogP contribution in [-0.2, 0) is 0 Å². The molecule has 1 amide bonds. The minimum Gasteiger partial charge on any atom is -0.477 e. The number of halogens is 1. The van der Waals surface area contributed by atoms with E-state index >= 15 is 0 Å². The number of carbonyl (C=O) groups excluding carboxylic acids is 1. The number of hydrogen-bond acceptors (Lipinski definition) is 3. The van der Waals surface area contributed by atoms with Crippen molar-refractivity contribution in [2.24, 2.45) is 0 Å². The van der Waals surface area contributed by atoms with Gasteiger partial charge in [-0.1, -0.05) is 54.9 Å². The number of nitrogens with one attached hydrogen (secondary N) is 1. The highest BCUT2D eigenvalue weighted by Gasteiger charge is 2.19. The average Bonchev–Trinajstić information content (AvgIpc) is 2.99. The molecule has 0 radical (unpaired) electrons. The smallest absolute Gasteiger partial charge is 0.348 e. The Bertz CT molecular complexity index is 948. The summed E-state index contributed by atoms with van der Waals surface area (Å²) in [6.07, 6.45) is 0. The normalized spacial score (nSPS) is 10.1. The first-order valence-electron chi connectivity index (χ1n) is 7.46. The zero-order valence-electron chi connectivity index (χ0n) is 13.2. The van der Waals surface area contributed by atoms with E-state index in [0.29, 0.717) is 15.5 Å². The second-order valence-corrected chi connectivity index (χ2v) is 6.92. The summed E-state index contributed by atoms with van der Waals surface area (Å²) in [6.45, 7) is 1.93. The van der Waals surface area contributed by atoms with E-state index in [0.717, 1.165) is 22.5 Å². The summed E-state index contributed by atoms with van der Waals surface area (Å²) in [7, 11) is 0. The first kappa shape index (κ1) is 19.7. The summed E-state index contributed by atoms with van der Waals surface area (Å²) in [5.74, 6) is -1.45. The van der Waals surface area contributed by atoms with Gasteiger partial charge in [-0.2, -0.15) is 0 Å². The Morgan fingerprint density at radius 1 is 1.08 bits per heavy atom. The quantitative estimate of drug-likeness (QED) is 0.580. The van der Waals surface area contributed by atoms with Crippen LogP contribution >= 0.6 is 22.9 Å². The van der Waals surface area contributed by atoms with E-state index in [4.69, 9.17) is 11.6 Å². The van der Waals surface area contributed by atoms with Gasteiger partial charge in [-0.15, -0.1) is 11.3 Å². The maximum absolute atomic E-state index is 12.4. The Morgan fingerprint density at radius 3 is 2.35 bits per heavy atom. The van der Waals surface area contributed by atoms with Crippen LogP contribution in [0.1, 0.15) is 33.0 Å². The van der Waals surface area contributed by atoms with Crippen LogP contribution in [0.4, 0.5) is 5.69 Å². The van der Waals surface area contributed by atoms with E-state index in [1.807, 2.05) is 31.2 Å². The number of benzene rings is 2. The number of thiophene rings is 1. The Labute approximate surface area is 161 Å². The van der Waals surface area contributed by atoms with Crippen LogP contribution in [0.3, 0.4) is 0 Å². The number of hydrogen-bond donors (Lipinski definition) is 2. The number of amides is 1. The van der Waals surface area contributed by atoms with Crippen LogP contribution in [0.15, 0.2) is 54.6 Å². The van der Waals surface area contributed by atoms with Gasteiger partial charge in [0.1, 0.15) is 4.88 Å². The van der Waals surface area contributed by atoms with Crippen molar-refractivity contribution < 1.29 is 14.7 Å². The third-order valence-electron chi connectivity index (χ3n) is 3.63. The Morgan fingerprint density at radius 2 is 1.73 bits per heavy atom. The number of carboxylic acids is 1. The van der Waals surface area contributed by atoms with Crippen LogP contribution in [0.5, 0.6) is 0 Å². The van der Waals surface area contributed by atoms with Gasteiger partial charge in [0.15, 0.2) is 0 Å². The molecule has 26 heavy (non-hydrogen) atoms. The highest BCUT2D eigenvalue weighted by atomic mass is 35.5. The maximum atomic E-state index is 12.4. The molecule has 0 spiro atoms. The third-order valence-corrected chi connectivity index (χ3v) is 5.11. The summed E-state index contributed by atoms with van der Waals surface area (Å²) in [4.78, 5) is 24.7. The molecule has 0 saturated heterocycles. The van der Waals surface area contributed by atoms with Crippen LogP contribution in [0.2, 0.25) is 5.02 Å². The molecule has 0 aliphatic rings. The molecule has 3 rings (SSSR count). The Hall–Kier alpha value is -2.63. The zero-order chi connectivity index (χ0) is 18.0. The first-order valence-corrected chi connectivity index (χ1v) is 8.65. The van der Waals surface area contributed by atoms with Crippen molar-refractivity contribution >= 4 is 40.5 Å². The molecule has 0 aliphatic carbocycles. The van der Waals surface area contributed by atoms with Gasteiger partial charge < -0.3 is 10.4 Å². The summed E-state index contributed by atoms with van der Waals surface area (Å²) < 4.78 is 0. The van der Waals surface area contributed by atoms with E-state index in [1.54, 1.807) is 30.3 Å². The molecule has 134 valence electrons. The van der Waals surface area contributed by atoms with Gasteiger partial charge in [0.2, 0.25) is 0 Å². The topological polar surface area (TPSA) is 66.4 Å². The van der Waals surface area contributed by atoms with Crippen molar-refractivity contribution in [3.05, 3.63) is 75.6 Å². The highest BCUT2D eigenvalue weighted by molar-refractivity contribution is 7.18. The summed E-state index contributed by atoms with van der Waals surface area (Å²) in [5, 5.41) is 12.7. The lowest BCUT2D eigenvalue weighted by Gasteiger charge is -2.05. The van der Waals surface area contributed by atoms with Crippen LogP contribution in [-0.4, -0.2) is 17.0 Å². The molecule has 0 bridgehead atoms. The van der Waals surface area contributed by atoms with Gasteiger partial charge in [0.05, 0.1) is 5.69 Å². The van der Waals surface area contributed by atoms with Gasteiger partial charge in [-0.25, -0.2) is 4.79 Å². The molecule has 0 saturated carbocycles. The molecule has 3 aromatic rings. The molecule has 1 aromatic heterocycles. The minimum atomic E-state index is -1.09. The zero-order valence-corrected chi connectivity index (χ0v) is 14.8. The summed E-state index contributed by atoms with van der Waals surface area (Å²) in [5.41, 5.74) is 2.50. The molecule has 1 heterocycles. The lowest BCUT2D eigenvalue weighted by Crippen LogP contribution is -2.13. The van der Waals surface area contributed by atoms with E-state index in [1.165, 1.54) is 0 Å². The largest absolute Gasteiger partial charge is 0.477 e. The van der Waals surface area contributed by atoms with E-state index in [2.05, 4.69) is 5.32 Å². The van der Waals surface area contributed by atoms with Gasteiger partial charge in [-0.3, -0.25) is 4.79 Å². The predicted octanol–water partition coefficient (Wildman–Crippen LogP) is 5.96. The Kier molecular flexibility index (Phi) is 6.18. The van der Waals surface area contributed by atoms with Gasteiger partial charge >= 0.3 is 5.97 Å². The van der Waals surface area contributed by atoms with Crippen molar-refractivity contribution in [1.29, 1.82) is 0 Å². The van der Waals surface area contributed by atoms with Crippen molar-refractivity contribution in [2.45, 2.75) is 14.4 Å². The molecule has 0 atom stereocenters. The average molecular weight is 388 g/mol. The molecule has 0 fully saturated rings. The van der Waals surface area contributed by atoms with Crippen LogP contribution < -0.4 is 5.32 Å². The van der Waals surface area contributed by atoms with Crippen molar-refractivity contribution in [3.63, 3.8) is 0 Å². The molecule has 4 nitrogen and oxygen atoms in total. The molecule has 0 aliphatic heterocycles. The van der Waals surface area contributed by atoms with Crippen LogP contribution in [0.25, 0.3) is 10.4 Å². The SMILES string of the molecule is C.Cc1ccc(C(=O)Nc2cc(-c3ccccc3Cl)sc2C(=O)O)cc1. The van der Waals surface area contributed by atoms with Gasteiger partial charge in [0.25, 0.3) is 5.91 Å². The van der Waals surface area contributed by atoms with Crippen LogP contribution in [0, 0.1) is 6.92 Å². The fraction of sp³-hybridized carbons (Fsp3) is 0.100. The molecule has 2 N–H and O–H groups in total. The standard InChI is InChI=1S/C19H14ClNO3S.CH4/c1-11-6-8-12(9-7-11)18(22)21-15-10-16(25-17(15)19(23)24)13-4-2-3-5-14(13)20;/h2-10H,1H3,(H,21,22)(H,23,24);1H4. The maximum Gasteiger partial charge on any atom is 0.348 e. The second kappa shape index (κ2) is 8.17. The summed E-state index contributed by atoms with van der Waals surface area (Å²) >= 11 is 7.26. The minimum absolute atomic E-state index is 0. The highest BCUT2D eigenvalue weighted by Crippen LogP contribution is 2.38. The monoisotopic (exact) mass is 387 g/mol.